The normalized spacial score (nSPS) is 18.8. The molecule has 2 heterocycles. The van der Waals surface area contributed by atoms with Crippen molar-refractivity contribution in [3.63, 3.8) is 0 Å². The highest BCUT2D eigenvalue weighted by molar-refractivity contribution is 5.66. The zero-order valence-corrected chi connectivity index (χ0v) is 13.4. The number of halogens is 3. The highest BCUT2D eigenvalue weighted by Crippen LogP contribution is 2.39. The first-order valence-corrected chi connectivity index (χ1v) is 8.52. The van der Waals surface area contributed by atoms with Crippen LogP contribution < -0.4 is 5.32 Å². The van der Waals surface area contributed by atoms with Crippen molar-refractivity contribution < 1.29 is 13.2 Å². The van der Waals surface area contributed by atoms with Crippen LogP contribution in [0.4, 0.5) is 13.2 Å². The quantitative estimate of drug-likeness (QED) is 0.900. The lowest BCUT2D eigenvalue weighted by Gasteiger charge is -2.28. The Bertz CT molecular complexity index is 727. The third-order valence-corrected chi connectivity index (χ3v) is 5.09. The first kappa shape index (κ1) is 15.7. The maximum Gasteiger partial charge on any atom is 0.416 e. The number of nitrogens with one attached hydrogen (secondary N) is 1. The molecule has 0 atom stereocenters. The standard InChI is InChI=1S/C18H20F3N3/c19-18(20,21)13-6-4-12(5-7-13)17-15-8-10-22-11-9-16(15)23-24(17)14-2-1-3-14/h4-7,14,22H,1-3,8-11H2. The van der Waals surface area contributed by atoms with Gasteiger partial charge in [-0.3, -0.25) is 4.68 Å². The summed E-state index contributed by atoms with van der Waals surface area (Å²) in [6.07, 6.45) is 0.858. The molecule has 2 aromatic rings. The fraction of sp³-hybridized carbons (Fsp3) is 0.500. The van der Waals surface area contributed by atoms with Crippen molar-refractivity contribution >= 4 is 0 Å². The van der Waals surface area contributed by atoms with Gasteiger partial charge >= 0.3 is 6.18 Å². The van der Waals surface area contributed by atoms with Crippen LogP contribution in [0.1, 0.15) is 42.1 Å². The van der Waals surface area contributed by atoms with Gasteiger partial charge in [-0.05, 0) is 44.4 Å². The summed E-state index contributed by atoms with van der Waals surface area (Å²) >= 11 is 0. The molecule has 1 aromatic heterocycles. The number of fused-ring (bicyclic) bond motifs is 1. The number of nitrogens with zero attached hydrogens (tertiary/aromatic N) is 2. The van der Waals surface area contributed by atoms with E-state index in [4.69, 9.17) is 5.10 Å². The topological polar surface area (TPSA) is 29.9 Å². The lowest BCUT2D eigenvalue weighted by molar-refractivity contribution is -0.137. The average Bonchev–Trinajstić information content (AvgIpc) is 2.67. The summed E-state index contributed by atoms with van der Waals surface area (Å²) < 4.78 is 40.6. The third-order valence-electron chi connectivity index (χ3n) is 5.09. The Kier molecular flexibility index (Phi) is 3.87. The van der Waals surface area contributed by atoms with Gasteiger partial charge < -0.3 is 5.32 Å². The van der Waals surface area contributed by atoms with Crippen LogP contribution >= 0.6 is 0 Å². The van der Waals surface area contributed by atoms with Gasteiger partial charge in [-0.15, -0.1) is 0 Å². The van der Waals surface area contributed by atoms with Gasteiger partial charge in [0.05, 0.1) is 23.0 Å². The van der Waals surface area contributed by atoms with Crippen molar-refractivity contribution in [2.45, 2.75) is 44.3 Å². The fourth-order valence-electron chi connectivity index (χ4n) is 3.54. The van der Waals surface area contributed by atoms with E-state index in [2.05, 4.69) is 10.00 Å². The van der Waals surface area contributed by atoms with E-state index >= 15 is 0 Å². The molecule has 1 N–H and O–H groups in total. The Morgan fingerprint density at radius 3 is 2.38 bits per heavy atom. The van der Waals surface area contributed by atoms with Crippen molar-refractivity contribution in [2.24, 2.45) is 0 Å². The Hall–Kier alpha value is -1.82. The van der Waals surface area contributed by atoms with E-state index in [9.17, 15) is 13.2 Å². The van der Waals surface area contributed by atoms with E-state index < -0.39 is 11.7 Å². The third kappa shape index (κ3) is 2.73. The van der Waals surface area contributed by atoms with E-state index in [1.54, 1.807) is 12.1 Å². The van der Waals surface area contributed by atoms with Gasteiger partial charge in [-0.2, -0.15) is 18.3 Å². The van der Waals surface area contributed by atoms with Crippen LogP contribution in [0.15, 0.2) is 24.3 Å². The minimum atomic E-state index is -4.30. The Balaban J connectivity index is 1.79. The second-order valence-electron chi connectivity index (χ2n) is 6.63. The zero-order chi connectivity index (χ0) is 16.7. The molecular formula is C18H20F3N3. The summed E-state index contributed by atoms with van der Waals surface area (Å²) in [5.74, 6) is 0. The van der Waals surface area contributed by atoms with Crippen LogP contribution in [0.3, 0.4) is 0 Å². The monoisotopic (exact) mass is 335 g/mol. The molecule has 0 amide bonds. The molecule has 1 aliphatic carbocycles. The van der Waals surface area contributed by atoms with Gasteiger partial charge in [-0.1, -0.05) is 12.1 Å². The number of hydrogen-bond acceptors (Lipinski definition) is 2. The van der Waals surface area contributed by atoms with Crippen LogP contribution in [0.2, 0.25) is 0 Å². The van der Waals surface area contributed by atoms with Crippen molar-refractivity contribution in [3.8, 4) is 11.3 Å². The molecule has 1 saturated carbocycles. The first-order chi connectivity index (χ1) is 11.5. The number of benzene rings is 1. The Morgan fingerprint density at radius 2 is 1.75 bits per heavy atom. The van der Waals surface area contributed by atoms with Crippen molar-refractivity contribution in [1.29, 1.82) is 0 Å². The van der Waals surface area contributed by atoms with Crippen molar-refractivity contribution in [2.75, 3.05) is 13.1 Å². The molecule has 3 nitrogen and oxygen atoms in total. The number of aromatic nitrogens is 2. The molecule has 0 spiro atoms. The number of hydrogen-bond donors (Lipinski definition) is 1. The lowest BCUT2D eigenvalue weighted by atomic mass is 9.92. The Labute approximate surface area is 138 Å². The van der Waals surface area contributed by atoms with Crippen molar-refractivity contribution in [1.82, 2.24) is 15.1 Å². The van der Waals surface area contributed by atoms with E-state index in [0.29, 0.717) is 6.04 Å². The molecule has 1 aliphatic heterocycles. The Morgan fingerprint density at radius 1 is 1.04 bits per heavy atom. The maximum atomic E-state index is 12.8. The van der Waals surface area contributed by atoms with Crippen molar-refractivity contribution in [3.05, 3.63) is 41.1 Å². The molecule has 128 valence electrons. The number of alkyl halides is 3. The molecule has 0 bridgehead atoms. The van der Waals surface area contributed by atoms with Crippen LogP contribution in [0.5, 0.6) is 0 Å². The summed E-state index contributed by atoms with van der Waals surface area (Å²) in [5.41, 5.74) is 3.56. The van der Waals surface area contributed by atoms with Gasteiger partial charge in [0.2, 0.25) is 0 Å². The highest BCUT2D eigenvalue weighted by Gasteiger charge is 2.31. The maximum absolute atomic E-state index is 12.8. The highest BCUT2D eigenvalue weighted by atomic mass is 19.4. The second kappa shape index (κ2) is 5.92. The minimum absolute atomic E-state index is 0.391. The van der Waals surface area contributed by atoms with E-state index in [-0.39, 0.29) is 0 Å². The summed E-state index contributed by atoms with van der Waals surface area (Å²) in [4.78, 5) is 0. The molecule has 6 heteroatoms. The van der Waals surface area contributed by atoms with Crippen LogP contribution in [-0.2, 0) is 19.0 Å². The lowest BCUT2D eigenvalue weighted by Crippen LogP contribution is -2.21. The number of rotatable bonds is 2. The van der Waals surface area contributed by atoms with Gasteiger partial charge in [0.1, 0.15) is 0 Å². The first-order valence-electron chi connectivity index (χ1n) is 8.52. The molecule has 0 unspecified atom stereocenters. The molecular weight excluding hydrogens is 315 g/mol. The van der Waals surface area contributed by atoms with E-state index in [1.165, 1.54) is 24.1 Å². The van der Waals surface area contributed by atoms with Gasteiger partial charge in [0.25, 0.3) is 0 Å². The fourth-order valence-corrected chi connectivity index (χ4v) is 3.54. The second-order valence-corrected chi connectivity index (χ2v) is 6.63. The average molecular weight is 335 g/mol. The summed E-state index contributed by atoms with van der Waals surface area (Å²) in [7, 11) is 0. The minimum Gasteiger partial charge on any atom is -0.316 e. The predicted octanol–water partition coefficient (Wildman–Crippen LogP) is 3.98. The van der Waals surface area contributed by atoms with Crippen LogP contribution in [0, 0.1) is 0 Å². The summed E-state index contributed by atoms with van der Waals surface area (Å²) in [5, 5.41) is 8.20. The van der Waals surface area contributed by atoms with E-state index in [0.717, 1.165) is 55.7 Å². The molecule has 24 heavy (non-hydrogen) atoms. The van der Waals surface area contributed by atoms with Crippen LogP contribution in [0.25, 0.3) is 11.3 Å². The summed E-state index contributed by atoms with van der Waals surface area (Å²) in [6.45, 7) is 1.79. The van der Waals surface area contributed by atoms with Gasteiger partial charge in [0, 0.05) is 24.1 Å². The van der Waals surface area contributed by atoms with Gasteiger partial charge in [0.15, 0.2) is 0 Å². The largest absolute Gasteiger partial charge is 0.416 e. The molecule has 0 radical (unpaired) electrons. The molecule has 4 rings (SSSR count). The zero-order valence-electron chi connectivity index (χ0n) is 13.4. The van der Waals surface area contributed by atoms with E-state index in [1.807, 2.05) is 0 Å². The summed E-state index contributed by atoms with van der Waals surface area (Å²) in [6, 6.07) is 5.92. The van der Waals surface area contributed by atoms with Gasteiger partial charge in [-0.25, -0.2) is 0 Å². The van der Waals surface area contributed by atoms with Crippen LogP contribution in [-0.4, -0.2) is 22.9 Å². The smallest absolute Gasteiger partial charge is 0.316 e. The molecule has 2 aliphatic rings. The predicted molar refractivity (Wildman–Crippen MR) is 85.8 cm³/mol. The molecule has 1 fully saturated rings. The molecule has 0 saturated heterocycles. The SMILES string of the molecule is FC(F)(F)c1ccc(-c2c3c(nn2C2CCC2)CCNCC3)cc1. The molecule has 1 aromatic carbocycles.